The molecular formula is C29H27Cl2NO4. The number of aliphatic hydroxyl groups is 1. The molecule has 0 radical (unpaired) electrons. The number of aryl methyl sites for hydroxylation is 1. The highest BCUT2D eigenvalue weighted by molar-refractivity contribution is 6.51. The van der Waals surface area contributed by atoms with E-state index in [0.717, 1.165) is 24.8 Å². The minimum Gasteiger partial charge on any atom is -0.507 e. The summed E-state index contributed by atoms with van der Waals surface area (Å²) in [4.78, 5) is 27.9. The van der Waals surface area contributed by atoms with Crippen LogP contribution in [-0.2, 0) is 9.59 Å². The monoisotopic (exact) mass is 523 g/mol. The van der Waals surface area contributed by atoms with Crippen LogP contribution in [0.25, 0.3) is 5.76 Å². The SMILES string of the molecule is CCCCCOc1ccc(/C(O)=C2/C(=O)C(=O)N(c3ccc(C)cc3)C2c2ccc(Cl)c(Cl)c2)cc1. The molecule has 3 aromatic carbocycles. The Morgan fingerprint density at radius 3 is 2.28 bits per heavy atom. The second-order valence-electron chi connectivity index (χ2n) is 8.76. The standard InChI is InChI=1S/C29H27Cl2NO4/c1-3-4-5-16-36-22-13-8-19(9-14-22)27(33)25-26(20-10-15-23(30)24(31)17-20)32(29(35)28(25)34)21-11-6-18(2)7-12-21/h6-15,17,26,33H,3-5,16H2,1-2H3/b27-25-. The number of aliphatic hydroxyl groups excluding tert-OH is 1. The predicted octanol–water partition coefficient (Wildman–Crippen LogP) is 7.50. The number of unbranched alkanes of at least 4 members (excludes halogenated alkanes) is 2. The maximum atomic E-state index is 13.3. The molecule has 1 unspecified atom stereocenters. The number of carbonyl (C=O) groups is 2. The number of ketones is 1. The minimum absolute atomic E-state index is 0.0180. The van der Waals surface area contributed by atoms with Gasteiger partial charge in [0.25, 0.3) is 11.7 Å². The van der Waals surface area contributed by atoms with Gasteiger partial charge in [-0.05, 0) is 67.4 Å². The molecule has 1 aliphatic rings. The highest BCUT2D eigenvalue weighted by atomic mass is 35.5. The molecule has 1 saturated heterocycles. The lowest BCUT2D eigenvalue weighted by atomic mass is 9.95. The number of amides is 1. The summed E-state index contributed by atoms with van der Waals surface area (Å²) in [7, 11) is 0. The third-order valence-corrected chi connectivity index (χ3v) is 6.90. The third kappa shape index (κ3) is 5.28. The Labute approximate surface area is 220 Å². The van der Waals surface area contributed by atoms with E-state index in [1.165, 1.54) is 4.90 Å². The Bertz CT molecular complexity index is 1300. The van der Waals surface area contributed by atoms with Crippen molar-refractivity contribution in [3.63, 3.8) is 0 Å². The molecule has 36 heavy (non-hydrogen) atoms. The number of carbonyl (C=O) groups excluding carboxylic acids is 2. The van der Waals surface area contributed by atoms with E-state index in [2.05, 4.69) is 6.92 Å². The van der Waals surface area contributed by atoms with Crippen LogP contribution in [0.4, 0.5) is 5.69 Å². The lowest BCUT2D eigenvalue weighted by Gasteiger charge is -2.26. The normalized spacial score (nSPS) is 17.0. The molecule has 0 aromatic heterocycles. The van der Waals surface area contributed by atoms with Crippen LogP contribution in [0.5, 0.6) is 5.75 Å². The molecular weight excluding hydrogens is 497 g/mol. The Hall–Kier alpha value is -3.28. The largest absolute Gasteiger partial charge is 0.507 e. The van der Waals surface area contributed by atoms with Gasteiger partial charge in [0, 0.05) is 11.3 Å². The van der Waals surface area contributed by atoms with Gasteiger partial charge < -0.3 is 9.84 Å². The number of nitrogens with zero attached hydrogens (tertiary/aromatic N) is 1. The molecule has 7 heteroatoms. The second kappa shape index (κ2) is 11.2. The van der Waals surface area contributed by atoms with Crippen molar-refractivity contribution >= 4 is 46.3 Å². The van der Waals surface area contributed by atoms with Crippen LogP contribution in [0.3, 0.4) is 0 Å². The number of ether oxygens (including phenoxy) is 1. The van der Waals surface area contributed by atoms with Crippen LogP contribution in [-0.4, -0.2) is 23.4 Å². The first-order chi connectivity index (χ1) is 17.3. The first-order valence-corrected chi connectivity index (χ1v) is 12.6. The lowest BCUT2D eigenvalue weighted by molar-refractivity contribution is -0.132. The summed E-state index contributed by atoms with van der Waals surface area (Å²) in [5, 5.41) is 11.9. The van der Waals surface area contributed by atoms with Gasteiger partial charge >= 0.3 is 0 Å². The average Bonchev–Trinajstić information content (AvgIpc) is 3.14. The van der Waals surface area contributed by atoms with E-state index in [0.29, 0.717) is 34.2 Å². The van der Waals surface area contributed by atoms with Crippen LogP contribution in [0.1, 0.15) is 48.9 Å². The predicted molar refractivity (Wildman–Crippen MR) is 144 cm³/mol. The van der Waals surface area contributed by atoms with E-state index in [9.17, 15) is 14.7 Å². The second-order valence-corrected chi connectivity index (χ2v) is 9.57. The summed E-state index contributed by atoms with van der Waals surface area (Å²) >= 11 is 12.4. The van der Waals surface area contributed by atoms with Crippen molar-refractivity contribution in [3.8, 4) is 5.75 Å². The van der Waals surface area contributed by atoms with Gasteiger partial charge in [-0.1, -0.05) is 66.7 Å². The highest BCUT2D eigenvalue weighted by Gasteiger charge is 2.47. The first kappa shape index (κ1) is 25.8. The van der Waals surface area contributed by atoms with Gasteiger partial charge in [0.05, 0.1) is 28.3 Å². The third-order valence-electron chi connectivity index (χ3n) is 6.16. The van der Waals surface area contributed by atoms with Crippen molar-refractivity contribution in [2.24, 2.45) is 0 Å². The maximum absolute atomic E-state index is 13.3. The smallest absolute Gasteiger partial charge is 0.300 e. The number of benzene rings is 3. The molecule has 3 aromatic rings. The average molecular weight is 524 g/mol. The Balaban J connectivity index is 1.77. The zero-order valence-electron chi connectivity index (χ0n) is 20.1. The molecule has 1 atom stereocenters. The van der Waals surface area contributed by atoms with E-state index in [-0.39, 0.29) is 16.4 Å². The number of hydrogen-bond acceptors (Lipinski definition) is 4. The molecule has 4 rings (SSSR count). The van der Waals surface area contributed by atoms with Crippen LogP contribution in [0.2, 0.25) is 10.0 Å². The Morgan fingerprint density at radius 1 is 0.944 bits per heavy atom. The molecule has 1 fully saturated rings. The summed E-state index contributed by atoms with van der Waals surface area (Å²) in [6, 6.07) is 18.1. The lowest BCUT2D eigenvalue weighted by Crippen LogP contribution is -2.29. The van der Waals surface area contributed by atoms with Gasteiger partial charge in [-0.2, -0.15) is 0 Å². The van der Waals surface area contributed by atoms with E-state index in [4.69, 9.17) is 27.9 Å². The molecule has 0 saturated carbocycles. The molecule has 1 N–H and O–H groups in total. The van der Waals surface area contributed by atoms with Gasteiger partial charge in [0.1, 0.15) is 11.5 Å². The first-order valence-electron chi connectivity index (χ1n) is 11.9. The Morgan fingerprint density at radius 2 is 1.64 bits per heavy atom. The number of anilines is 1. The zero-order chi connectivity index (χ0) is 25.8. The van der Waals surface area contributed by atoms with Gasteiger partial charge in [-0.15, -0.1) is 0 Å². The fraction of sp³-hybridized carbons (Fsp3) is 0.241. The number of Topliss-reactive ketones (excluding diaryl/α,β-unsaturated/α-hetero) is 1. The van der Waals surface area contributed by atoms with E-state index in [1.807, 2.05) is 19.1 Å². The molecule has 0 spiro atoms. The van der Waals surface area contributed by atoms with Gasteiger partial charge in [-0.3, -0.25) is 14.5 Å². The van der Waals surface area contributed by atoms with E-state index in [1.54, 1.807) is 54.6 Å². The van der Waals surface area contributed by atoms with Crippen LogP contribution in [0.15, 0.2) is 72.3 Å². The molecule has 1 amide bonds. The molecule has 0 aliphatic carbocycles. The van der Waals surface area contributed by atoms with Crippen molar-refractivity contribution in [1.82, 2.24) is 0 Å². The van der Waals surface area contributed by atoms with Gasteiger partial charge in [-0.25, -0.2) is 0 Å². The van der Waals surface area contributed by atoms with Gasteiger partial charge in [0.15, 0.2) is 0 Å². The summed E-state index contributed by atoms with van der Waals surface area (Å²) < 4.78 is 5.75. The minimum atomic E-state index is -0.882. The van der Waals surface area contributed by atoms with Crippen molar-refractivity contribution in [2.45, 2.75) is 39.2 Å². The molecule has 1 heterocycles. The van der Waals surface area contributed by atoms with Crippen molar-refractivity contribution < 1.29 is 19.4 Å². The van der Waals surface area contributed by atoms with Crippen LogP contribution >= 0.6 is 23.2 Å². The van der Waals surface area contributed by atoms with Crippen molar-refractivity contribution in [2.75, 3.05) is 11.5 Å². The van der Waals surface area contributed by atoms with Crippen LogP contribution < -0.4 is 9.64 Å². The summed E-state index contributed by atoms with van der Waals surface area (Å²) in [6.45, 7) is 4.68. The van der Waals surface area contributed by atoms with E-state index >= 15 is 0 Å². The topological polar surface area (TPSA) is 66.8 Å². The van der Waals surface area contributed by atoms with Gasteiger partial charge in [0.2, 0.25) is 0 Å². The fourth-order valence-corrected chi connectivity index (χ4v) is 4.52. The number of rotatable bonds is 8. The maximum Gasteiger partial charge on any atom is 0.300 e. The highest BCUT2D eigenvalue weighted by Crippen LogP contribution is 2.43. The summed E-state index contributed by atoms with van der Waals surface area (Å²) in [5.74, 6) is -1.10. The molecule has 1 aliphatic heterocycles. The number of halogens is 2. The molecule has 186 valence electrons. The van der Waals surface area contributed by atoms with Crippen molar-refractivity contribution in [1.29, 1.82) is 0 Å². The molecule has 0 bridgehead atoms. The zero-order valence-corrected chi connectivity index (χ0v) is 21.6. The fourth-order valence-electron chi connectivity index (χ4n) is 4.21. The quantitative estimate of drug-likeness (QED) is 0.143. The Kier molecular flexibility index (Phi) is 8.02. The molecule has 5 nitrogen and oxygen atoms in total. The number of hydrogen-bond donors (Lipinski definition) is 1. The van der Waals surface area contributed by atoms with Crippen LogP contribution in [0, 0.1) is 6.92 Å². The van der Waals surface area contributed by atoms with E-state index < -0.39 is 17.7 Å². The summed E-state index contributed by atoms with van der Waals surface area (Å²) in [6.07, 6.45) is 3.16. The summed E-state index contributed by atoms with van der Waals surface area (Å²) in [5.41, 5.74) is 2.49. The van der Waals surface area contributed by atoms with Crippen molar-refractivity contribution in [3.05, 3.63) is 99.0 Å².